The van der Waals surface area contributed by atoms with Crippen LogP contribution < -0.4 is 9.47 Å². The van der Waals surface area contributed by atoms with Crippen LogP contribution in [0.25, 0.3) is 0 Å². The van der Waals surface area contributed by atoms with Crippen molar-refractivity contribution in [1.29, 1.82) is 0 Å². The van der Waals surface area contributed by atoms with Gasteiger partial charge in [0.1, 0.15) is 17.1 Å². The third-order valence-electron chi connectivity index (χ3n) is 6.74. The average molecular weight is 387 g/mol. The number of carbonyl (C=O) groups excluding carboxylic acids is 1. The first kappa shape index (κ1) is 21.2. The van der Waals surface area contributed by atoms with E-state index in [1.807, 2.05) is 0 Å². The third kappa shape index (κ3) is 4.72. The average Bonchev–Trinajstić information content (AvgIpc) is 2.59. The maximum absolute atomic E-state index is 11.8. The van der Waals surface area contributed by atoms with E-state index in [9.17, 15) is 4.79 Å². The zero-order valence-electron chi connectivity index (χ0n) is 18.5. The van der Waals surface area contributed by atoms with Gasteiger partial charge in [-0.2, -0.15) is 0 Å². The fourth-order valence-electron chi connectivity index (χ4n) is 5.31. The minimum atomic E-state index is -0.243. The number of aryl methyl sites for hydroxylation is 1. The normalized spacial score (nSPS) is 25.4. The molecule has 1 aromatic rings. The Morgan fingerprint density at radius 2 is 1.93 bits per heavy atom. The summed E-state index contributed by atoms with van der Waals surface area (Å²) >= 11 is 0. The van der Waals surface area contributed by atoms with Gasteiger partial charge in [-0.05, 0) is 69.1 Å². The monoisotopic (exact) mass is 386 g/mol. The molecule has 3 nitrogen and oxygen atoms in total. The zero-order chi connectivity index (χ0) is 20.3. The van der Waals surface area contributed by atoms with Gasteiger partial charge >= 0.3 is 5.97 Å². The van der Waals surface area contributed by atoms with Crippen LogP contribution in [-0.2, 0) is 11.2 Å². The second-order valence-corrected chi connectivity index (χ2v) is 9.60. The van der Waals surface area contributed by atoms with Gasteiger partial charge in [0.05, 0.1) is 0 Å². The van der Waals surface area contributed by atoms with Crippen LogP contribution in [0.15, 0.2) is 12.1 Å². The summed E-state index contributed by atoms with van der Waals surface area (Å²) in [5.74, 6) is 3.04. The molecule has 0 radical (unpaired) electrons. The number of fused-ring (bicyclic) bond motifs is 3. The van der Waals surface area contributed by atoms with Crippen LogP contribution in [0.2, 0.25) is 0 Å². The van der Waals surface area contributed by atoms with Crippen molar-refractivity contribution in [2.75, 3.05) is 0 Å². The van der Waals surface area contributed by atoms with Gasteiger partial charge in [-0.3, -0.25) is 4.79 Å². The predicted molar refractivity (Wildman–Crippen MR) is 114 cm³/mol. The first-order valence-corrected chi connectivity index (χ1v) is 11.4. The van der Waals surface area contributed by atoms with Crippen molar-refractivity contribution in [2.24, 2.45) is 11.8 Å². The molecule has 0 bridgehead atoms. The SMILES string of the molecule is CCCCCCCc1cc(OC(C)=O)c2c(c1)OC(C)(C)[C@@H]1CC[C@H](C)C[C@@H]21. The van der Waals surface area contributed by atoms with Crippen molar-refractivity contribution < 1.29 is 14.3 Å². The van der Waals surface area contributed by atoms with E-state index >= 15 is 0 Å². The lowest BCUT2D eigenvalue weighted by molar-refractivity contribution is -0.132. The van der Waals surface area contributed by atoms with Crippen molar-refractivity contribution in [1.82, 2.24) is 0 Å². The second-order valence-electron chi connectivity index (χ2n) is 9.60. The standard InChI is InChI=1S/C25H38O3/c1-6-7-8-9-10-11-19-15-22(27-18(3)26)24-20-14-17(2)12-13-21(20)25(4,5)28-23(24)16-19/h15-17,20-21H,6-14H2,1-5H3/t17-,20+,21+/m0/s1. The van der Waals surface area contributed by atoms with Crippen LogP contribution in [0.1, 0.15) is 103 Å². The van der Waals surface area contributed by atoms with Crippen LogP contribution in [0.4, 0.5) is 0 Å². The molecule has 1 heterocycles. The molecule has 2 aliphatic rings. The molecule has 1 aromatic carbocycles. The van der Waals surface area contributed by atoms with E-state index in [2.05, 4.69) is 39.8 Å². The quantitative estimate of drug-likeness (QED) is 0.293. The van der Waals surface area contributed by atoms with E-state index in [-0.39, 0.29) is 11.6 Å². The van der Waals surface area contributed by atoms with E-state index < -0.39 is 0 Å². The molecule has 0 spiro atoms. The van der Waals surface area contributed by atoms with Crippen molar-refractivity contribution in [3.8, 4) is 11.5 Å². The fourth-order valence-corrected chi connectivity index (χ4v) is 5.31. The molecule has 1 fully saturated rings. The van der Waals surface area contributed by atoms with E-state index in [0.717, 1.165) is 29.9 Å². The van der Waals surface area contributed by atoms with E-state index in [4.69, 9.17) is 9.47 Å². The highest BCUT2D eigenvalue weighted by molar-refractivity contribution is 5.71. The van der Waals surface area contributed by atoms with Gasteiger partial charge in [-0.25, -0.2) is 0 Å². The molecule has 28 heavy (non-hydrogen) atoms. The van der Waals surface area contributed by atoms with Crippen LogP contribution in [0.5, 0.6) is 11.5 Å². The summed E-state index contributed by atoms with van der Waals surface area (Å²) < 4.78 is 12.3. The smallest absolute Gasteiger partial charge is 0.308 e. The van der Waals surface area contributed by atoms with Crippen molar-refractivity contribution in [3.05, 3.63) is 23.3 Å². The lowest BCUT2D eigenvalue weighted by Crippen LogP contribution is -2.46. The highest BCUT2D eigenvalue weighted by Crippen LogP contribution is 2.55. The lowest BCUT2D eigenvalue weighted by atomic mass is 9.64. The molecular formula is C25H38O3. The lowest BCUT2D eigenvalue weighted by Gasteiger charge is -2.49. The number of unbranched alkanes of at least 4 members (excludes halogenated alkanes) is 4. The van der Waals surface area contributed by atoms with E-state index in [1.165, 1.54) is 57.4 Å². The molecule has 0 saturated heterocycles. The van der Waals surface area contributed by atoms with E-state index in [0.29, 0.717) is 17.8 Å². The van der Waals surface area contributed by atoms with Gasteiger partial charge in [0.2, 0.25) is 0 Å². The summed E-state index contributed by atoms with van der Waals surface area (Å²) in [4.78, 5) is 11.8. The number of benzene rings is 1. The topological polar surface area (TPSA) is 35.5 Å². The molecule has 0 N–H and O–H groups in total. The highest BCUT2D eigenvalue weighted by Gasteiger charge is 2.47. The number of hydrogen-bond donors (Lipinski definition) is 0. The van der Waals surface area contributed by atoms with Crippen LogP contribution in [-0.4, -0.2) is 11.6 Å². The second kappa shape index (κ2) is 8.88. The van der Waals surface area contributed by atoms with Crippen molar-refractivity contribution in [2.45, 2.75) is 104 Å². The maximum atomic E-state index is 11.8. The Kier molecular flexibility index (Phi) is 6.73. The van der Waals surface area contributed by atoms with Crippen molar-refractivity contribution >= 4 is 5.97 Å². The molecule has 0 aromatic heterocycles. The Bertz CT molecular complexity index is 691. The van der Waals surface area contributed by atoms with Crippen LogP contribution >= 0.6 is 0 Å². The Hall–Kier alpha value is -1.51. The van der Waals surface area contributed by atoms with Crippen LogP contribution in [0, 0.1) is 11.8 Å². The minimum absolute atomic E-state index is 0.176. The summed E-state index contributed by atoms with van der Waals surface area (Å²) in [6.45, 7) is 10.5. The Morgan fingerprint density at radius 1 is 1.18 bits per heavy atom. The first-order valence-electron chi connectivity index (χ1n) is 11.4. The van der Waals surface area contributed by atoms with Gasteiger partial charge in [-0.15, -0.1) is 0 Å². The highest BCUT2D eigenvalue weighted by atomic mass is 16.5. The molecule has 0 unspecified atom stereocenters. The van der Waals surface area contributed by atoms with Crippen molar-refractivity contribution in [3.63, 3.8) is 0 Å². The number of ether oxygens (including phenoxy) is 2. The number of hydrogen-bond acceptors (Lipinski definition) is 3. The van der Waals surface area contributed by atoms with E-state index in [1.54, 1.807) is 0 Å². The molecule has 1 aliphatic carbocycles. The molecule has 1 saturated carbocycles. The third-order valence-corrected chi connectivity index (χ3v) is 6.74. The Labute approximate surface area is 171 Å². The first-order chi connectivity index (χ1) is 13.3. The Balaban J connectivity index is 1.91. The Morgan fingerprint density at radius 3 is 2.64 bits per heavy atom. The van der Waals surface area contributed by atoms with Gasteiger partial charge in [0.25, 0.3) is 0 Å². The van der Waals surface area contributed by atoms with Gasteiger partial charge in [0.15, 0.2) is 0 Å². The summed E-state index contributed by atoms with van der Waals surface area (Å²) in [6.07, 6.45) is 10.9. The van der Waals surface area contributed by atoms with Gasteiger partial charge in [0, 0.05) is 18.4 Å². The molecule has 3 heteroatoms. The summed E-state index contributed by atoms with van der Waals surface area (Å²) in [5.41, 5.74) is 2.19. The van der Waals surface area contributed by atoms with Gasteiger partial charge in [-0.1, -0.05) is 46.0 Å². The van der Waals surface area contributed by atoms with Gasteiger partial charge < -0.3 is 9.47 Å². The molecule has 0 amide bonds. The molecule has 156 valence electrons. The molecule has 3 atom stereocenters. The zero-order valence-corrected chi connectivity index (χ0v) is 18.5. The molecular weight excluding hydrogens is 348 g/mol. The summed E-state index contributed by atoms with van der Waals surface area (Å²) in [5, 5.41) is 0. The number of carbonyl (C=O) groups is 1. The summed E-state index contributed by atoms with van der Waals surface area (Å²) in [7, 11) is 0. The number of esters is 1. The summed E-state index contributed by atoms with van der Waals surface area (Å²) in [6, 6.07) is 4.33. The number of rotatable bonds is 7. The van der Waals surface area contributed by atoms with Crippen LogP contribution in [0.3, 0.4) is 0 Å². The molecule has 3 rings (SSSR count). The fraction of sp³-hybridized carbons (Fsp3) is 0.720. The maximum Gasteiger partial charge on any atom is 0.308 e. The molecule has 1 aliphatic heterocycles. The predicted octanol–water partition coefficient (Wildman–Crippen LogP) is 6.82. The largest absolute Gasteiger partial charge is 0.487 e. The minimum Gasteiger partial charge on any atom is -0.487 e.